The van der Waals surface area contributed by atoms with Gasteiger partial charge in [0.25, 0.3) is 0 Å². The normalized spacial score (nSPS) is 12.6. The maximum atomic E-state index is 12.8. The molecule has 2 rings (SSSR count). The molecular weight excluding hydrogens is 313 g/mol. The lowest BCUT2D eigenvalue weighted by molar-refractivity contribution is 0.535. The molecule has 0 aliphatic carbocycles. The minimum Gasteiger partial charge on any atom is -0.330 e. The Balaban J connectivity index is 2.01. The van der Waals surface area contributed by atoms with Gasteiger partial charge >= 0.3 is 0 Å². The summed E-state index contributed by atoms with van der Waals surface area (Å²) in [4.78, 5) is 1.33. The smallest absolute Gasteiger partial charge is 0.123 e. The largest absolute Gasteiger partial charge is 0.330 e. The second kappa shape index (κ2) is 6.45. The maximum absolute atomic E-state index is 12.8. The highest BCUT2D eigenvalue weighted by atomic mass is 79.9. The van der Waals surface area contributed by atoms with E-state index < -0.39 is 0 Å². The number of rotatable bonds is 5. The minimum absolute atomic E-state index is 0.191. The quantitative estimate of drug-likeness (QED) is 0.882. The van der Waals surface area contributed by atoms with E-state index in [2.05, 4.69) is 27.4 Å². The predicted molar refractivity (Wildman–Crippen MR) is 78.4 cm³/mol. The molecule has 0 bridgehead atoms. The average Bonchev–Trinajstić information content (AvgIpc) is 2.77. The lowest BCUT2D eigenvalue weighted by Gasteiger charge is -2.14. The topological polar surface area (TPSA) is 26.0 Å². The van der Waals surface area contributed by atoms with E-state index in [0.717, 1.165) is 22.9 Å². The summed E-state index contributed by atoms with van der Waals surface area (Å²) in [5, 5.41) is 2.07. The number of thiophene rings is 1. The summed E-state index contributed by atoms with van der Waals surface area (Å²) in [5.41, 5.74) is 6.97. The number of hydrogen-bond acceptors (Lipinski definition) is 2. The van der Waals surface area contributed by atoms with Gasteiger partial charge in [0.1, 0.15) is 5.82 Å². The molecule has 0 fully saturated rings. The highest BCUT2D eigenvalue weighted by Gasteiger charge is 2.12. The van der Waals surface area contributed by atoms with Crippen LogP contribution in [0.1, 0.15) is 10.4 Å². The molecule has 0 saturated carbocycles. The molecule has 1 aromatic heterocycles. The van der Waals surface area contributed by atoms with Crippen molar-refractivity contribution >= 4 is 27.3 Å². The third-order valence-electron chi connectivity index (χ3n) is 2.94. The summed E-state index contributed by atoms with van der Waals surface area (Å²) in [6.45, 7) is 0.641. The fourth-order valence-electron chi connectivity index (χ4n) is 1.93. The van der Waals surface area contributed by atoms with Crippen molar-refractivity contribution in [1.82, 2.24) is 0 Å². The van der Waals surface area contributed by atoms with Crippen LogP contribution in [0.2, 0.25) is 0 Å². The zero-order valence-corrected chi connectivity index (χ0v) is 12.3. The van der Waals surface area contributed by atoms with Crippen LogP contribution >= 0.6 is 27.3 Å². The molecule has 4 heteroatoms. The molecule has 0 amide bonds. The zero-order valence-electron chi connectivity index (χ0n) is 9.90. The molecule has 1 atom stereocenters. The molecule has 1 aromatic carbocycles. The first-order chi connectivity index (χ1) is 8.69. The van der Waals surface area contributed by atoms with Crippen LogP contribution in [0.3, 0.4) is 0 Å². The summed E-state index contributed by atoms with van der Waals surface area (Å²) in [5.74, 6) is 0.203. The zero-order chi connectivity index (χ0) is 13.0. The van der Waals surface area contributed by atoms with Crippen LogP contribution in [0.15, 0.2) is 40.2 Å². The Hall–Kier alpha value is -0.710. The standard InChI is InChI=1S/C14H15BrFNS/c15-13-5-6-18-14(13)8-11(9-17)7-10-1-3-12(16)4-2-10/h1-6,11H,7-9,17H2. The summed E-state index contributed by atoms with van der Waals surface area (Å²) in [6.07, 6.45) is 1.85. The van der Waals surface area contributed by atoms with Gasteiger partial charge in [0, 0.05) is 9.35 Å². The highest BCUT2D eigenvalue weighted by molar-refractivity contribution is 9.10. The van der Waals surface area contributed by atoms with Crippen molar-refractivity contribution in [2.24, 2.45) is 11.7 Å². The average molecular weight is 328 g/mol. The van der Waals surface area contributed by atoms with Crippen molar-refractivity contribution in [3.05, 3.63) is 56.4 Å². The molecular formula is C14H15BrFNS. The van der Waals surface area contributed by atoms with Crippen LogP contribution in [-0.4, -0.2) is 6.54 Å². The number of nitrogens with two attached hydrogens (primary N) is 1. The summed E-state index contributed by atoms with van der Waals surface area (Å²) < 4.78 is 14.0. The van der Waals surface area contributed by atoms with Gasteiger partial charge in [-0.15, -0.1) is 11.3 Å². The third-order valence-corrected chi connectivity index (χ3v) is 4.88. The Kier molecular flexibility index (Phi) is 4.92. The van der Waals surface area contributed by atoms with E-state index in [4.69, 9.17) is 5.73 Å². The summed E-state index contributed by atoms with van der Waals surface area (Å²) in [7, 11) is 0. The van der Waals surface area contributed by atoms with Gasteiger partial charge in [-0.1, -0.05) is 12.1 Å². The van der Waals surface area contributed by atoms with E-state index in [-0.39, 0.29) is 5.82 Å². The molecule has 2 N–H and O–H groups in total. The van der Waals surface area contributed by atoms with Crippen molar-refractivity contribution in [3.63, 3.8) is 0 Å². The molecule has 0 aliphatic heterocycles. The van der Waals surface area contributed by atoms with Gasteiger partial charge < -0.3 is 5.73 Å². The number of hydrogen-bond donors (Lipinski definition) is 1. The highest BCUT2D eigenvalue weighted by Crippen LogP contribution is 2.26. The molecule has 0 saturated heterocycles. The first-order valence-corrected chi connectivity index (χ1v) is 7.52. The van der Waals surface area contributed by atoms with Crippen molar-refractivity contribution in [2.75, 3.05) is 6.54 Å². The number of halogens is 2. The van der Waals surface area contributed by atoms with E-state index in [9.17, 15) is 4.39 Å². The van der Waals surface area contributed by atoms with E-state index >= 15 is 0 Å². The van der Waals surface area contributed by atoms with Gasteiger partial charge in [0.2, 0.25) is 0 Å². The van der Waals surface area contributed by atoms with Gasteiger partial charge in [0.05, 0.1) is 0 Å². The maximum Gasteiger partial charge on any atom is 0.123 e. The van der Waals surface area contributed by atoms with Gasteiger partial charge in [-0.25, -0.2) is 4.39 Å². The predicted octanol–water partition coefficient (Wildman–Crippen LogP) is 4.01. The van der Waals surface area contributed by atoms with Crippen LogP contribution in [-0.2, 0) is 12.8 Å². The fourth-order valence-corrected chi connectivity index (χ4v) is 3.56. The minimum atomic E-state index is -0.191. The Bertz CT molecular complexity index is 495. The van der Waals surface area contributed by atoms with Crippen LogP contribution in [0, 0.1) is 11.7 Å². The van der Waals surface area contributed by atoms with Crippen LogP contribution in [0.25, 0.3) is 0 Å². The van der Waals surface area contributed by atoms with Gasteiger partial charge in [-0.3, -0.25) is 0 Å². The molecule has 96 valence electrons. The Morgan fingerprint density at radius 3 is 2.44 bits per heavy atom. The van der Waals surface area contributed by atoms with E-state index in [0.29, 0.717) is 12.5 Å². The first-order valence-electron chi connectivity index (χ1n) is 5.85. The van der Waals surface area contributed by atoms with Gasteiger partial charge in [0.15, 0.2) is 0 Å². The van der Waals surface area contributed by atoms with Gasteiger partial charge in [-0.2, -0.15) is 0 Å². The molecule has 1 unspecified atom stereocenters. The monoisotopic (exact) mass is 327 g/mol. The molecule has 18 heavy (non-hydrogen) atoms. The second-order valence-corrected chi connectivity index (χ2v) is 6.18. The Morgan fingerprint density at radius 2 is 1.89 bits per heavy atom. The Labute approximate surface area is 119 Å². The molecule has 2 aromatic rings. The van der Waals surface area contributed by atoms with Gasteiger partial charge in [-0.05, 0) is 70.4 Å². The van der Waals surface area contributed by atoms with Crippen LogP contribution in [0.5, 0.6) is 0 Å². The molecule has 0 radical (unpaired) electrons. The van der Waals surface area contributed by atoms with Crippen molar-refractivity contribution in [2.45, 2.75) is 12.8 Å². The molecule has 1 nitrogen and oxygen atoms in total. The lowest BCUT2D eigenvalue weighted by Crippen LogP contribution is -2.19. The second-order valence-electron chi connectivity index (χ2n) is 4.33. The molecule has 0 spiro atoms. The Morgan fingerprint density at radius 1 is 1.17 bits per heavy atom. The van der Waals surface area contributed by atoms with E-state index in [1.54, 1.807) is 11.3 Å². The molecule has 1 heterocycles. The first kappa shape index (κ1) is 13.7. The van der Waals surface area contributed by atoms with Crippen molar-refractivity contribution in [3.8, 4) is 0 Å². The number of benzene rings is 1. The van der Waals surface area contributed by atoms with E-state index in [1.165, 1.54) is 17.0 Å². The van der Waals surface area contributed by atoms with Crippen molar-refractivity contribution < 1.29 is 4.39 Å². The molecule has 0 aliphatic rings. The SMILES string of the molecule is NCC(Cc1ccc(F)cc1)Cc1sccc1Br. The van der Waals surface area contributed by atoms with Crippen LogP contribution < -0.4 is 5.73 Å². The lowest BCUT2D eigenvalue weighted by atomic mass is 9.95. The summed E-state index contributed by atoms with van der Waals surface area (Å²) in [6, 6.07) is 8.74. The summed E-state index contributed by atoms with van der Waals surface area (Å²) >= 11 is 5.28. The van der Waals surface area contributed by atoms with Crippen LogP contribution in [0.4, 0.5) is 4.39 Å². The van der Waals surface area contributed by atoms with E-state index in [1.807, 2.05) is 12.1 Å². The third kappa shape index (κ3) is 3.64. The fraction of sp³-hybridized carbons (Fsp3) is 0.286. The van der Waals surface area contributed by atoms with Crippen molar-refractivity contribution in [1.29, 1.82) is 0 Å².